The second-order valence-corrected chi connectivity index (χ2v) is 11.2. The normalized spacial score (nSPS) is 12.3. The van der Waals surface area contributed by atoms with Gasteiger partial charge in [0.25, 0.3) is 0 Å². The van der Waals surface area contributed by atoms with Gasteiger partial charge in [0, 0.05) is 12.7 Å². The maximum Gasteiger partial charge on any atom is 0.408 e. The van der Waals surface area contributed by atoms with Crippen molar-refractivity contribution >= 4 is 24.0 Å². The quantitative estimate of drug-likeness (QED) is 0.229. The van der Waals surface area contributed by atoms with Gasteiger partial charge in [0.1, 0.15) is 24.3 Å². The van der Waals surface area contributed by atoms with E-state index in [-0.39, 0.29) is 19.7 Å². The molecule has 0 spiro atoms. The van der Waals surface area contributed by atoms with E-state index >= 15 is 0 Å². The molecule has 2 atom stereocenters. The van der Waals surface area contributed by atoms with Crippen molar-refractivity contribution in [1.82, 2.24) is 26.3 Å². The van der Waals surface area contributed by atoms with Crippen LogP contribution in [0.25, 0.3) is 0 Å². The molecule has 1 aromatic heterocycles. The summed E-state index contributed by atoms with van der Waals surface area (Å²) in [6.45, 7) is 7.33. The Kier molecular flexibility index (Phi) is 12.7. The fraction of sp³-hybridized carbons (Fsp3) is 0.364. The maximum absolute atomic E-state index is 13.1. The molecular formula is C33H41N5O6. The number of aromatic nitrogens is 1. The summed E-state index contributed by atoms with van der Waals surface area (Å²) in [7, 11) is 0. The summed E-state index contributed by atoms with van der Waals surface area (Å²) in [4.78, 5) is 54.6. The van der Waals surface area contributed by atoms with E-state index in [2.05, 4.69) is 26.3 Å². The summed E-state index contributed by atoms with van der Waals surface area (Å²) in [5.74, 6) is -0.889. The Morgan fingerprint density at radius 3 is 2.02 bits per heavy atom. The number of pyridine rings is 1. The molecule has 4 N–H and O–H groups in total. The molecule has 11 heteroatoms. The van der Waals surface area contributed by atoms with Crippen LogP contribution in [-0.2, 0) is 45.2 Å². The van der Waals surface area contributed by atoms with Gasteiger partial charge >= 0.3 is 12.2 Å². The largest absolute Gasteiger partial charge is 0.445 e. The number of alkyl carbamates (subject to hydrolysis) is 2. The molecule has 2 unspecified atom stereocenters. The van der Waals surface area contributed by atoms with Crippen LogP contribution >= 0.6 is 0 Å². The topological polar surface area (TPSA) is 148 Å². The first-order valence-corrected chi connectivity index (χ1v) is 14.5. The summed E-state index contributed by atoms with van der Waals surface area (Å²) in [5, 5.41) is 10.8. The molecule has 0 radical (unpaired) electrons. The van der Waals surface area contributed by atoms with Crippen molar-refractivity contribution in [3.8, 4) is 0 Å². The number of aryl methyl sites for hydroxylation is 1. The van der Waals surface area contributed by atoms with Gasteiger partial charge in [-0.3, -0.25) is 14.6 Å². The first kappa shape index (κ1) is 33.6. The Labute approximate surface area is 258 Å². The van der Waals surface area contributed by atoms with E-state index in [1.54, 1.807) is 46.0 Å². The third-order valence-corrected chi connectivity index (χ3v) is 6.30. The van der Waals surface area contributed by atoms with Crippen molar-refractivity contribution in [1.29, 1.82) is 0 Å². The molecule has 3 aromatic rings. The van der Waals surface area contributed by atoms with Crippen LogP contribution in [0.3, 0.4) is 0 Å². The van der Waals surface area contributed by atoms with Gasteiger partial charge in [-0.1, -0.05) is 66.7 Å². The number of nitrogens with one attached hydrogen (secondary N) is 4. The van der Waals surface area contributed by atoms with Crippen LogP contribution in [-0.4, -0.2) is 46.7 Å². The Bertz CT molecular complexity index is 1360. The highest BCUT2D eigenvalue weighted by molar-refractivity contribution is 5.91. The zero-order valence-electron chi connectivity index (χ0n) is 25.6. The number of benzene rings is 2. The van der Waals surface area contributed by atoms with Gasteiger partial charge in [-0.15, -0.1) is 0 Å². The standard InChI is InChI=1S/C33H41N5O6/c1-23(37-30(40)28(38-32(42)44-33(2,3)4)18-16-24-11-7-5-8-12-24)29(39)35-20-26-15-17-27(34-19-26)21-36-31(41)43-22-25-13-9-6-10-14-25/h5-15,17,19,23,28H,16,18,20-22H2,1-4H3,(H,35,39)(H,36,41)(H,37,40)(H,38,42). The molecular weight excluding hydrogens is 562 g/mol. The second kappa shape index (κ2) is 16.6. The highest BCUT2D eigenvalue weighted by Gasteiger charge is 2.26. The van der Waals surface area contributed by atoms with Crippen LogP contribution in [0.5, 0.6) is 0 Å². The van der Waals surface area contributed by atoms with E-state index in [0.29, 0.717) is 18.5 Å². The lowest BCUT2D eigenvalue weighted by Crippen LogP contribution is -2.53. The molecule has 0 aliphatic heterocycles. The minimum absolute atomic E-state index is 0.173. The summed E-state index contributed by atoms with van der Waals surface area (Å²) >= 11 is 0. The van der Waals surface area contributed by atoms with E-state index in [4.69, 9.17) is 9.47 Å². The first-order valence-electron chi connectivity index (χ1n) is 14.5. The van der Waals surface area contributed by atoms with Crippen LogP contribution in [0.15, 0.2) is 79.0 Å². The van der Waals surface area contributed by atoms with E-state index in [1.807, 2.05) is 60.7 Å². The summed E-state index contributed by atoms with van der Waals surface area (Å²) in [6.07, 6.45) is 1.20. The molecule has 0 aliphatic carbocycles. The molecule has 0 bridgehead atoms. The lowest BCUT2D eigenvalue weighted by molar-refractivity contribution is -0.129. The number of rotatable bonds is 13. The Morgan fingerprint density at radius 2 is 1.41 bits per heavy atom. The van der Waals surface area contributed by atoms with E-state index in [0.717, 1.165) is 16.7 Å². The molecule has 234 valence electrons. The summed E-state index contributed by atoms with van der Waals surface area (Å²) < 4.78 is 10.5. The fourth-order valence-electron chi connectivity index (χ4n) is 4.00. The molecule has 0 saturated carbocycles. The Morgan fingerprint density at radius 1 is 0.750 bits per heavy atom. The third-order valence-electron chi connectivity index (χ3n) is 6.30. The SMILES string of the molecule is CC(NC(=O)C(CCc1ccccc1)NC(=O)OC(C)(C)C)C(=O)NCc1ccc(CNC(=O)OCc2ccccc2)nc1. The molecule has 0 fully saturated rings. The van der Waals surface area contributed by atoms with Crippen molar-refractivity contribution in [3.63, 3.8) is 0 Å². The minimum atomic E-state index is -0.902. The number of carbonyl (C=O) groups is 4. The fourth-order valence-corrected chi connectivity index (χ4v) is 4.00. The number of nitrogens with zero attached hydrogens (tertiary/aromatic N) is 1. The molecule has 3 rings (SSSR count). The van der Waals surface area contributed by atoms with E-state index in [1.165, 1.54) is 0 Å². The summed E-state index contributed by atoms with van der Waals surface area (Å²) in [6, 6.07) is 20.7. The van der Waals surface area contributed by atoms with Crippen molar-refractivity contribution in [2.45, 2.75) is 77.9 Å². The van der Waals surface area contributed by atoms with E-state index in [9.17, 15) is 19.2 Å². The van der Waals surface area contributed by atoms with Crippen molar-refractivity contribution in [2.24, 2.45) is 0 Å². The lowest BCUT2D eigenvalue weighted by Gasteiger charge is -2.24. The minimum Gasteiger partial charge on any atom is -0.445 e. The average molecular weight is 604 g/mol. The Balaban J connectivity index is 1.45. The van der Waals surface area contributed by atoms with Crippen LogP contribution in [0.4, 0.5) is 9.59 Å². The van der Waals surface area contributed by atoms with Gasteiger partial charge in [-0.25, -0.2) is 9.59 Å². The van der Waals surface area contributed by atoms with Crippen LogP contribution < -0.4 is 21.3 Å². The zero-order valence-corrected chi connectivity index (χ0v) is 25.6. The van der Waals surface area contributed by atoms with Gasteiger partial charge in [-0.2, -0.15) is 0 Å². The van der Waals surface area contributed by atoms with Gasteiger partial charge in [-0.05, 0) is 63.3 Å². The van der Waals surface area contributed by atoms with Crippen LogP contribution in [0.2, 0.25) is 0 Å². The highest BCUT2D eigenvalue weighted by atomic mass is 16.6. The Hall–Kier alpha value is -4.93. The van der Waals surface area contributed by atoms with Crippen molar-refractivity contribution in [2.75, 3.05) is 0 Å². The molecule has 4 amide bonds. The molecule has 44 heavy (non-hydrogen) atoms. The number of carbonyl (C=O) groups excluding carboxylic acids is 4. The van der Waals surface area contributed by atoms with Gasteiger partial charge in [0.15, 0.2) is 0 Å². The highest BCUT2D eigenvalue weighted by Crippen LogP contribution is 2.10. The van der Waals surface area contributed by atoms with Crippen molar-refractivity contribution < 1.29 is 28.7 Å². The average Bonchev–Trinajstić information content (AvgIpc) is 3.00. The molecule has 1 heterocycles. The molecule has 11 nitrogen and oxygen atoms in total. The number of amides is 4. The maximum atomic E-state index is 13.1. The molecule has 0 saturated heterocycles. The van der Waals surface area contributed by atoms with Gasteiger partial charge < -0.3 is 30.7 Å². The lowest BCUT2D eigenvalue weighted by atomic mass is 10.0. The molecule has 2 aromatic carbocycles. The van der Waals surface area contributed by atoms with Crippen molar-refractivity contribution in [3.05, 3.63) is 101 Å². The predicted molar refractivity (Wildman–Crippen MR) is 165 cm³/mol. The predicted octanol–water partition coefficient (Wildman–Crippen LogP) is 4.16. The smallest absolute Gasteiger partial charge is 0.408 e. The van der Waals surface area contributed by atoms with Gasteiger partial charge in [0.05, 0.1) is 12.2 Å². The third kappa shape index (κ3) is 12.5. The number of hydrogen-bond acceptors (Lipinski definition) is 7. The van der Waals surface area contributed by atoms with E-state index < -0.39 is 41.7 Å². The monoisotopic (exact) mass is 603 g/mol. The number of hydrogen-bond donors (Lipinski definition) is 4. The molecule has 0 aliphatic rings. The second-order valence-electron chi connectivity index (χ2n) is 11.2. The van der Waals surface area contributed by atoms with Crippen LogP contribution in [0.1, 0.15) is 56.5 Å². The summed E-state index contributed by atoms with van der Waals surface area (Å²) in [5.41, 5.74) is 2.54. The first-order chi connectivity index (χ1) is 21.0. The van der Waals surface area contributed by atoms with Crippen LogP contribution in [0, 0.1) is 0 Å². The van der Waals surface area contributed by atoms with Gasteiger partial charge in [0.2, 0.25) is 11.8 Å². The zero-order chi connectivity index (χ0) is 32.0. The number of ether oxygens (including phenoxy) is 2.